The third-order valence-electron chi connectivity index (χ3n) is 4.59. The van der Waals surface area contributed by atoms with Crippen LogP contribution in [0.5, 0.6) is 0 Å². The standard InChI is InChI=1S/C18H19N3O3/c19-10-14-11-20(12-16(14)13-6-2-1-3-7-13)18(22)15-8-4-5-9-17(15)21(23)24/h1-9,14,16H,10-12,19H2/t14-,16+/m1/s1. The number of rotatable bonds is 4. The van der Waals surface area contributed by atoms with E-state index in [-0.39, 0.29) is 29.0 Å². The van der Waals surface area contributed by atoms with Crippen molar-refractivity contribution in [3.8, 4) is 0 Å². The van der Waals surface area contributed by atoms with Crippen LogP contribution >= 0.6 is 0 Å². The summed E-state index contributed by atoms with van der Waals surface area (Å²) in [4.78, 5) is 25.1. The molecule has 6 heteroatoms. The van der Waals surface area contributed by atoms with Gasteiger partial charge in [0, 0.05) is 25.1 Å². The van der Waals surface area contributed by atoms with Crippen molar-refractivity contribution in [3.05, 3.63) is 75.8 Å². The molecule has 0 saturated carbocycles. The molecule has 0 spiro atoms. The molecular weight excluding hydrogens is 306 g/mol. The minimum atomic E-state index is -0.515. The van der Waals surface area contributed by atoms with Crippen molar-refractivity contribution in [1.29, 1.82) is 0 Å². The predicted molar refractivity (Wildman–Crippen MR) is 90.7 cm³/mol. The summed E-state index contributed by atoms with van der Waals surface area (Å²) in [7, 11) is 0. The summed E-state index contributed by atoms with van der Waals surface area (Å²) in [6, 6.07) is 16.0. The number of amides is 1. The molecule has 0 bridgehead atoms. The van der Waals surface area contributed by atoms with Gasteiger partial charge in [0.2, 0.25) is 0 Å². The molecule has 6 nitrogen and oxygen atoms in total. The highest BCUT2D eigenvalue weighted by atomic mass is 16.6. The normalized spacial score (nSPS) is 20.1. The summed E-state index contributed by atoms with van der Waals surface area (Å²) in [5.41, 5.74) is 7.01. The van der Waals surface area contributed by atoms with Gasteiger partial charge < -0.3 is 10.6 Å². The topological polar surface area (TPSA) is 89.5 Å². The SMILES string of the molecule is NC[C@@H]1CN(C(=O)c2ccccc2[N+](=O)[O-])C[C@H]1c1ccccc1. The maximum atomic E-state index is 12.8. The van der Waals surface area contributed by atoms with Crippen LogP contribution in [0.4, 0.5) is 5.69 Å². The molecule has 1 amide bonds. The third kappa shape index (κ3) is 3.00. The first-order valence-corrected chi connectivity index (χ1v) is 7.89. The van der Waals surface area contributed by atoms with Gasteiger partial charge in [0.25, 0.3) is 11.6 Å². The minimum Gasteiger partial charge on any atom is -0.337 e. The summed E-state index contributed by atoms with van der Waals surface area (Å²) in [6.07, 6.45) is 0. The predicted octanol–water partition coefficient (Wildman–Crippen LogP) is 2.41. The second-order valence-electron chi connectivity index (χ2n) is 6.00. The minimum absolute atomic E-state index is 0.131. The van der Waals surface area contributed by atoms with Crippen molar-refractivity contribution in [2.45, 2.75) is 5.92 Å². The first kappa shape index (κ1) is 16.1. The second kappa shape index (κ2) is 6.80. The molecule has 3 rings (SSSR count). The Balaban J connectivity index is 1.86. The first-order chi connectivity index (χ1) is 11.6. The van der Waals surface area contributed by atoms with Crippen LogP contribution in [0.25, 0.3) is 0 Å². The van der Waals surface area contributed by atoms with Crippen LogP contribution in [0.3, 0.4) is 0 Å². The summed E-state index contributed by atoms with van der Waals surface area (Å²) in [6.45, 7) is 1.51. The molecule has 1 saturated heterocycles. The number of benzene rings is 2. The van der Waals surface area contributed by atoms with Crippen molar-refractivity contribution < 1.29 is 9.72 Å². The van der Waals surface area contributed by atoms with Crippen LogP contribution in [-0.4, -0.2) is 35.4 Å². The van der Waals surface area contributed by atoms with Crippen molar-refractivity contribution in [1.82, 2.24) is 4.90 Å². The monoisotopic (exact) mass is 325 g/mol. The van der Waals surface area contributed by atoms with E-state index in [1.807, 2.05) is 30.3 Å². The zero-order valence-electron chi connectivity index (χ0n) is 13.2. The number of nitro groups is 1. The second-order valence-corrected chi connectivity index (χ2v) is 6.00. The van der Waals surface area contributed by atoms with Gasteiger partial charge >= 0.3 is 0 Å². The van der Waals surface area contributed by atoms with Gasteiger partial charge in [-0.05, 0) is 24.1 Å². The lowest BCUT2D eigenvalue weighted by atomic mass is 9.89. The Morgan fingerprint density at radius 1 is 1.12 bits per heavy atom. The van der Waals surface area contributed by atoms with E-state index in [1.165, 1.54) is 12.1 Å². The van der Waals surface area contributed by atoms with E-state index < -0.39 is 4.92 Å². The molecule has 0 unspecified atom stereocenters. The van der Waals surface area contributed by atoms with Crippen LogP contribution in [-0.2, 0) is 0 Å². The number of nitrogens with two attached hydrogens (primary N) is 1. The molecule has 0 radical (unpaired) electrons. The van der Waals surface area contributed by atoms with Gasteiger partial charge in [-0.3, -0.25) is 14.9 Å². The Hall–Kier alpha value is -2.73. The average molecular weight is 325 g/mol. The highest BCUT2D eigenvalue weighted by molar-refractivity contribution is 5.98. The number of carbonyl (C=O) groups excluding carboxylic acids is 1. The molecule has 1 fully saturated rings. The maximum Gasteiger partial charge on any atom is 0.282 e. The number of hydrogen-bond donors (Lipinski definition) is 1. The van der Waals surface area contributed by atoms with Gasteiger partial charge in [0.05, 0.1) is 4.92 Å². The highest BCUT2D eigenvalue weighted by Gasteiger charge is 2.37. The van der Waals surface area contributed by atoms with E-state index in [1.54, 1.807) is 17.0 Å². The van der Waals surface area contributed by atoms with Crippen LogP contribution < -0.4 is 5.73 Å². The Labute approximate surface area is 140 Å². The smallest absolute Gasteiger partial charge is 0.282 e. The van der Waals surface area contributed by atoms with Crippen molar-refractivity contribution in [3.63, 3.8) is 0 Å². The maximum absolute atomic E-state index is 12.8. The molecule has 1 aliphatic heterocycles. The van der Waals surface area contributed by atoms with E-state index in [4.69, 9.17) is 5.73 Å². The third-order valence-corrected chi connectivity index (χ3v) is 4.59. The first-order valence-electron chi connectivity index (χ1n) is 7.89. The van der Waals surface area contributed by atoms with Crippen LogP contribution in [0.1, 0.15) is 21.8 Å². The van der Waals surface area contributed by atoms with Gasteiger partial charge in [-0.15, -0.1) is 0 Å². The molecule has 2 aromatic rings. The summed E-state index contributed by atoms with van der Waals surface area (Å²) >= 11 is 0. The Bertz CT molecular complexity index is 748. The molecule has 124 valence electrons. The van der Waals surface area contributed by atoms with Crippen LogP contribution in [0.15, 0.2) is 54.6 Å². The lowest BCUT2D eigenvalue weighted by Gasteiger charge is -2.17. The number of para-hydroxylation sites is 1. The number of nitrogens with zero attached hydrogens (tertiary/aromatic N) is 2. The summed E-state index contributed by atoms with van der Waals surface area (Å²) in [5.74, 6) is 0.00113. The largest absolute Gasteiger partial charge is 0.337 e. The van der Waals surface area contributed by atoms with Crippen LogP contribution in [0, 0.1) is 16.0 Å². The van der Waals surface area contributed by atoms with E-state index >= 15 is 0 Å². The molecule has 2 atom stereocenters. The molecule has 1 aliphatic rings. The van der Waals surface area contributed by atoms with Crippen molar-refractivity contribution in [2.75, 3.05) is 19.6 Å². The zero-order valence-corrected chi connectivity index (χ0v) is 13.2. The van der Waals surface area contributed by atoms with Crippen molar-refractivity contribution >= 4 is 11.6 Å². The molecule has 0 aliphatic carbocycles. The Morgan fingerprint density at radius 3 is 2.46 bits per heavy atom. The molecule has 2 aromatic carbocycles. The molecule has 2 N–H and O–H groups in total. The number of hydrogen-bond acceptors (Lipinski definition) is 4. The van der Waals surface area contributed by atoms with Crippen molar-refractivity contribution in [2.24, 2.45) is 11.7 Å². The van der Waals surface area contributed by atoms with Gasteiger partial charge in [-0.2, -0.15) is 0 Å². The van der Waals surface area contributed by atoms with Gasteiger partial charge in [0.1, 0.15) is 5.56 Å². The number of carbonyl (C=O) groups is 1. The molecule has 1 heterocycles. The molecule has 0 aromatic heterocycles. The van der Waals surface area contributed by atoms with Gasteiger partial charge in [-0.25, -0.2) is 0 Å². The molecule has 24 heavy (non-hydrogen) atoms. The fraction of sp³-hybridized carbons (Fsp3) is 0.278. The quantitative estimate of drug-likeness (QED) is 0.690. The van der Waals surface area contributed by atoms with E-state index in [0.717, 1.165) is 5.56 Å². The van der Waals surface area contributed by atoms with E-state index in [9.17, 15) is 14.9 Å². The Kier molecular flexibility index (Phi) is 4.57. The lowest BCUT2D eigenvalue weighted by molar-refractivity contribution is -0.385. The van der Waals surface area contributed by atoms with Crippen LogP contribution in [0.2, 0.25) is 0 Å². The van der Waals surface area contributed by atoms with E-state index in [2.05, 4.69) is 0 Å². The zero-order chi connectivity index (χ0) is 17.1. The average Bonchev–Trinajstić information content (AvgIpc) is 3.06. The lowest BCUT2D eigenvalue weighted by Crippen LogP contribution is -2.30. The Morgan fingerprint density at radius 2 is 1.79 bits per heavy atom. The number of likely N-dealkylation sites (tertiary alicyclic amines) is 1. The number of nitro benzene ring substituents is 1. The summed E-state index contributed by atoms with van der Waals surface area (Å²) < 4.78 is 0. The van der Waals surface area contributed by atoms with Gasteiger partial charge in [0.15, 0.2) is 0 Å². The van der Waals surface area contributed by atoms with Gasteiger partial charge in [-0.1, -0.05) is 42.5 Å². The highest BCUT2D eigenvalue weighted by Crippen LogP contribution is 2.33. The summed E-state index contributed by atoms with van der Waals surface area (Å²) in [5, 5.41) is 11.2. The van der Waals surface area contributed by atoms with E-state index in [0.29, 0.717) is 19.6 Å². The molecular formula is C18H19N3O3. The fourth-order valence-electron chi connectivity index (χ4n) is 3.34. The fourth-order valence-corrected chi connectivity index (χ4v) is 3.34.